The zero-order chi connectivity index (χ0) is 19.3. The van der Waals surface area contributed by atoms with Gasteiger partial charge in [-0.1, -0.05) is 23.8 Å². The van der Waals surface area contributed by atoms with E-state index in [-0.39, 0.29) is 36.5 Å². The second kappa shape index (κ2) is 14.3. The normalized spacial score (nSPS) is 13.8. The summed E-state index contributed by atoms with van der Waals surface area (Å²) in [4.78, 5) is 15.8. The van der Waals surface area contributed by atoms with Crippen LogP contribution >= 0.6 is 24.0 Å². The van der Waals surface area contributed by atoms with Gasteiger partial charge in [-0.25, -0.2) is 0 Å². The number of carbonyl (C=O) groups excluding carboxylic acids is 1. The predicted molar refractivity (Wildman–Crippen MR) is 125 cm³/mol. The zero-order valence-corrected chi connectivity index (χ0v) is 19.3. The van der Waals surface area contributed by atoms with E-state index in [0.717, 1.165) is 24.5 Å². The molecule has 1 aromatic rings. The number of allylic oxidation sites excluding steroid dienone is 1. The van der Waals surface area contributed by atoms with Gasteiger partial charge in [-0.05, 0) is 56.7 Å². The van der Waals surface area contributed by atoms with E-state index >= 15 is 0 Å². The maximum absolute atomic E-state index is 11.5. The molecule has 0 saturated carbocycles. The van der Waals surface area contributed by atoms with E-state index in [1.165, 1.54) is 25.7 Å². The Balaban J connectivity index is 0.00000392. The average molecular weight is 500 g/mol. The molecule has 1 aliphatic rings. The summed E-state index contributed by atoms with van der Waals surface area (Å²) in [6.07, 6.45) is 8.55. The Morgan fingerprint density at radius 1 is 1.21 bits per heavy atom. The van der Waals surface area contributed by atoms with Gasteiger partial charge in [-0.3, -0.25) is 9.79 Å². The Bertz CT molecular complexity index is 662. The van der Waals surface area contributed by atoms with E-state index in [1.807, 2.05) is 31.2 Å². The molecule has 0 bridgehead atoms. The number of aliphatic imine (C=N–C) groups is 1. The topological polar surface area (TPSA) is 74.8 Å². The number of hydrogen-bond donors (Lipinski definition) is 3. The summed E-state index contributed by atoms with van der Waals surface area (Å²) < 4.78 is 5.53. The number of amides is 1. The molecule has 7 heteroatoms. The van der Waals surface area contributed by atoms with Crippen molar-refractivity contribution >= 4 is 35.8 Å². The highest BCUT2D eigenvalue weighted by atomic mass is 127. The van der Waals surface area contributed by atoms with Crippen LogP contribution in [0, 0.1) is 0 Å². The van der Waals surface area contributed by atoms with Crippen LogP contribution in [0.4, 0.5) is 0 Å². The molecule has 1 aromatic carbocycles. The number of nitrogens with zero attached hydrogens (tertiary/aromatic N) is 1. The zero-order valence-electron chi connectivity index (χ0n) is 16.9. The largest absolute Gasteiger partial charge is 0.484 e. The molecule has 3 N–H and O–H groups in total. The van der Waals surface area contributed by atoms with Crippen LogP contribution < -0.4 is 20.7 Å². The third-order valence-electron chi connectivity index (χ3n) is 4.45. The number of halogens is 1. The lowest BCUT2D eigenvalue weighted by Gasteiger charge is -2.15. The average Bonchev–Trinajstić information content (AvgIpc) is 2.70. The van der Waals surface area contributed by atoms with Gasteiger partial charge < -0.3 is 20.7 Å². The first-order valence-corrected chi connectivity index (χ1v) is 9.82. The van der Waals surface area contributed by atoms with Gasteiger partial charge in [-0.15, -0.1) is 24.0 Å². The van der Waals surface area contributed by atoms with Crippen molar-refractivity contribution in [1.82, 2.24) is 16.0 Å². The highest BCUT2D eigenvalue weighted by molar-refractivity contribution is 14.0. The number of guanidine groups is 1. The molecule has 156 valence electrons. The number of carbonyl (C=O) groups is 1. The molecule has 0 heterocycles. The molecule has 0 spiro atoms. The summed E-state index contributed by atoms with van der Waals surface area (Å²) in [5.74, 6) is 1.37. The Morgan fingerprint density at radius 3 is 2.79 bits per heavy atom. The Kier molecular flexibility index (Phi) is 12.4. The van der Waals surface area contributed by atoms with Crippen LogP contribution in [0.2, 0.25) is 0 Å². The summed E-state index contributed by atoms with van der Waals surface area (Å²) in [5.41, 5.74) is 2.63. The second-order valence-electron chi connectivity index (χ2n) is 6.60. The van der Waals surface area contributed by atoms with Gasteiger partial charge in [0.25, 0.3) is 5.91 Å². The van der Waals surface area contributed by atoms with Gasteiger partial charge in [0, 0.05) is 26.7 Å². The minimum Gasteiger partial charge on any atom is -0.484 e. The standard InChI is InChI=1S/C21H32N4O2.HI/c1-3-23-20(26)16-27-19-11-7-10-18(14-19)15-25-21(22-2)24-13-12-17-8-5-4-6-9-17;/h7-8,10-11,14H,3-6,9,12-13,15-16H2,1-2H3,(H,23,26)(H2,22,24,25);1H. The molecular formula is C21H33IN4O2. The first-order chi connectivity index (χ1) is 13.2. The van der Waals surface area contributed by atoms with Gasteiger partial charge in [0.15, 0.2) is 12.6 Å². The maximum Gasteiger partial charge on any atom is 0.257 e. The molecule has 0 unspecified atom stereocenters. The van der Waals surface area contributed by atoms with Crippen molar-refractivity contribution in [3.05, 3.63) is 41.5 Å². The quantitative estimate of drug-likeness (QED) is 0.211. The van der Waals surface area contributed by atoms with Gasteiger partial charge in [0.2, 0.25) is 0 Å². The van der Waals surface area contributed by atoms with Gasteiger partial charge >= 0.3 is 0 Å². The number of benzene rings is 1. The van der Waals surface area contributed by atoms with E-state index < -0.39 is 0 Å². The van der Waals surface area contributed by atoms with Crippen molar-refractivity contribution in [1.29, 1.82) is 0 Å². The lowest BCUT2D eigenvalue weighted by Crippen LogP contribution is -2.37. The molecule has 0 saturated heterocycles. The van der Waals surface area contributed by atoms with E-state index in [9.17, 15) is 4.79 Å². The first-order valence-electron chi connectivity index (χ1n) is 9.82. The molecule has 0 fully saturated rings. The van der Waals surface area contributed by atoms with Crippen LogP contribution in [0.3, 0.4) is 0 Å². The third kappa shape index (κ3) is 9.43. The number of nitrogens with one attached hydrogen (secondary N) is 3. The minimum absolute atomic E-state index is 0. The summed E-state index contributed by atoms with van der Waals surface area (Å²) in [6, 6.07) is 7.74. The molecule has 0 atom stereocenters. The van der Waals surface area contributed by atoms with E-state index in [0.29, 0.717) is 18.8 Å². The summed E-state index contributed by atoms with van der Waals surface area (Å²) in [7, 11) is 1.78. The molecule has 1 aliphatic carbocycles. The van der Waals surface area contributed by atoms with Crippen LogP contribution in [-0.2, 0) is 11.3 Å². The molecule has 0 radical (unpaired) electrons. The number of likely N-dealkylation sites (N-methyl/N-ethyl adjacent to an activating group) is 1. The summed E-state index contributed by atoms with van der Waals surface area (Å²) in [5, 5.41) is 9.41. The Morgan fingerprint density at radius 2 is 2.07 bits per heavy atom. The predicted octanol–water partition coefficient (Wildman–Crippen LogP) is 3.38. The van der Waals surface area contributed by atoms with E-state index in [4.69, 9.17) is 4.74 Å². The van der Waals surface area contributed by atoms with Crippen molar-refractivity contribution in [2.75, 3.05) is 26.7 Å². The van der Waals surface area contributed by atoms with Crippen molar-refractivity contribution in [3.63, 3.8) is 0 Å². The first kappa shape index (κ1) is 24.3. The van der Waals surface area contributed by atoms with Crippen LogP contribution in [0.1, 0.15) is 44.6 Å². The fourth-order valence-electron chi connectivity index (χ4n) is 3.02. The van der Waals surface area contributed by atoms with E-state index in [1.54, 1.807) is 12.6 Å². The Labute approximate surface area is 185 Å². The van der Waals surface area contributed by atoms with Gasteiger partial charge in [0.05, 0.1) is 0 Å². The van der Waals surface area contributed by atoms with Crippen LogP contribution in [-0.4, -0.2) is 38.6 Å². The number of hydrogen-bond acceptors (Lipinski definition) is 3. The van der Waals surface area contributed by atoms with Crippen molar-refractivity contribution in [2.45, 2.75) is 45.6 Å². The van der Waals surface area contributed by atoms with Crippen molar-refractivity contribution < 1.29 is 9.53 Å². The van der Waals surface area contributed by atoms with Crippen LogP contribution in [0.25, 0.3) is 0 Å². The molecule has 28 heavy (non-hydrogen) atoms. The molecule has 0 aromatic heterocycles. The molecule has 2 rings (SSSR count). The SMILES string of the molecule is CCNC(=O)COc1cccc(CNC(=NC)NCCC2=CCCCC2)c1.I. The van der Waals surface area contributed by atoms with E-state index in [2.05, 4.69) is 27.0 Å². The summed E-state index contributed by atoms with van der Waals surface area (Å²) >= 11 is 0. The minimum atomic E-state index is -0.112. The highest BCUT2D eigenvalue weighted by Crippen LogP contribution is 2.19. The molecule has 1 amide bonds. The molecule has 6 nitrogen and oxygen atoms in total. The van der Waals surface area contributed by atoms with Crippen LogP contribution in [0.15, 0.2) is 40.9 Å². The molecular weight excluding hydrogens is 467 g/mol. The smallest absolute Gasteiger partial charge is 0.257 e. The van der Waals surface area contributed by atoms with Gasteiger partial charge in [0.1, 0.15) is 5.75 Å². The second-order valence-corrected chi connectivity index (χ2v) is 6.60. The number of rotatable bonds is 9. The maximum atomic E-state index is 11.5. The molecule has 0 aliphatic heterocycles. The highest BCUT2D eigenvalue weighted by Gasteiger charge is 2.05. The lowest BCUT2D eigenvalue weighted by atomic mass is 9.97. The lowest BCUT2D eigenvalue weighted by molar-refractivity contribution is -0.122. The Hall–Kier alpha value is -1.77. The van der Waals surface area contributed by atoms with Gasteiger partial charge in [-0.2, -0.15) is 0 Å². The third-order valence-corrected chi connectivity index (χ3v) is 4.45. The monoisotopic (exact) mass is 500 g/mol. The van der Waals surface area contributed by atoms with Crippen molar-refractivity contribution in [3.8, 4) is 5.75 Å². The van der Waals surface area contributed by atoms with Crippen LogP contribution in [0.5, 0.6) is 5.75 Å². The fourth-order valence-corrected chi connectivity index (χ4v) is 3.02. The fraction of sp³-hybridized carbons (Fsp3) is 0.524. The summed E-state index contributed by atoms with van der Waals surface area (Å²) in [6.45, 7) is 4.05. The number of ether oxygens (including phenoxy) is 1. The van der Waals surface area contributed by atoms with Crippen molar-refractivity contribution in [2.24, 2.45) is 4.99 Å².